The van der Waals surface area contributed by atoms with Crippen molar-refractivity contribution in [1.82, 2.24) is 15.4 Å². The summed E-state index contributed by atoms with van der Waals surface area (Å²) in [6, 6.07) is 3.23. The Bertz CT molecular complexity index is 424. The topological polar surface area (TPSA) is 62.3 Å². The molecule has 1 aromatic rings. The minimum absolute atomic E-state index is 0.0355. The van der Waals surface area contributed by atoms with Crippen molar-refractivity contribution in [3.8, 4) is 0 Å². The number of hydrazine groups is 1. The highest BCUT2D eigenvalue weighted by molar-refractivity contribution is 8.00. The lowest BCUT2D eigenvalue weighted by molar-refractivity contribution is -0.130. The summed E-state index contributed by atoms with van der Waals surface area (Å²) in [5.41, 5.74) is 3.14. The second-order valence-electron chi connectivity index (χ2n) is 3.61. The van der Waals surface area contributed by atoms with Gasteiger partial charge in [-0.25, -0.2) is 5.01 Å². The third-order valence-corrected chi connectivity index (χ3v) is 3.81. The van der Waals surface area contributed by atoms with Crippen LogP contribution in [0, 0.1) is 0 Å². The molecule has 1 saturated heterocycles. The Morgan fingerprint density at radius 2 is 2.29 bits per heavy atom. The molecular formula is C11H13N3O2S. The van der Waals surface area contributed by atoms with Crippen molar-refractivity contribution in [3.05, 3.63) is 30.1 Å². The third kappa shape index (κ3) is 2.58. The van der Waals surface area contributed by atoms with Crippen molar-refractivity contribution in [2.75, 3.05) is 5.75 Å². The Morgan fingerprint density at radius 3 is 2.94 bits per heavy atom. The van der Waals surface area contributed by atoms with Crippen LogP contribution >= 0.6 is 11.8 Å². The number of carbonyl (C=O) groups is 2. The first kappa shape index (κ1) is 11.9. The van der Waals surface area contributed by atoms with E-state index in [1.54, 1.807) is 36.3 Å². The number of amides is 2. The van der Waals surface area contributed by atoms with E-state index in [1.165, 1.54) is 5.01 Å². The Morgan fingerprint density at radius 1 is 1.59 bits per heavy atom. The summed E-state index contributed by atoms with van der Waals surface area (Å²) in [5, 5.41) is 1.46. The number of pyridine rings is 1. The molecule has 2 heterocycles. The van der Waals surface area contributed by atoms with E-state index in [2.05, 4.69) is 10.4 Å². The fourth-order valence-electron chi connectivity index (χ4n) is 1.58. The maximum absolute atomic E-state index is 11.9. The van der Waals surface area contributed by atoms with Crippen molar-refractivity contribution >= 4 is 23.6 Å². The molecule has 17 heavy (non-hydrogen) atoms. The van der Waals surface area contributed by atoms with Crippen molar-refractivity contribution in [1.29, 1.82) is 0 Å². The SMILES string of the molecule is CCC1SCC(=O)N1NC(=O)c1ccncc1. The third-order valence-electron chi connectivity index (χ3n) is 2.47. The normalized spacial score (nSPS) is 19.5. The summed E-state index contributed by atoms with van der Waals surface area (Å²) in [5.74, 6) is 0.0979. The highest BCUT2D eigenvalue weighted by Gasteiger charge is 2.31. The zero-order valence-corrected chi connectivity index (χ0v) is 10.2. The van der Waals surface area contributed by atoms with E-state index in [0.717, 1.165) is 6.42 Å². The summed E-state index contributed by atoms with van der Waals surface area (Å²) in [4.78, 5) is 27.3. The molecule has 1 unspecified atom stereocenters. The monoisotopic (exact) mass is 251 g/mol. The van der Waals surface area contributed by atoms with E-state index in [1.807, 2.05) is 6.92 Å². The number of hydrogen-bond donors (Lipinski definition) is 1. The molecule has 0 spiro atoms. The van der Waals surface area contributed by atoms with Gasteiger partial charge in [-0.05, 0) is 18.6 Å². The Kier molecular flexibility index (Phi) is 3.63. The number of aromatic nitrogens is 1. The zero-order valence-electron chi connectivity index (χ0n) is 9.42. The lowest BCUT2D eigenvalue weighted by atomic mass is 10.2. The van der Waals surface area contributed by atoms with E-state index in [-0.39, 0.29) is 17.2 Å². The lowest BCUT2D eigenvalue weighted by Crippen LogP contribution is -2.47. The van der Waals surface area contributed by atoms with Crippen LogP contribution in [0.2, 0.25) is 0 Å². The molecule has 1 N–H and O–H groups in total. The quantitative estimate of drug-likeness (QED) is 0.872. The van der Waals surface area contributed by atoms with Crippen LogP contribution in [-0.2, 0) is 4.79 Å². The predicted octanol–water partition coefficient (Wildman–Crippen LogP) is 1.04. The van der Waals surface area contributed by atoms with Gasteiger partial charge in [0, 0.05) is 18.0 Å². The highest BCUT2D eigenvalue weighted by atomic mass is 32.2. The van der Waals surface area contributed by atoms with E-state index in [0.29, 0.717) is 11.3 Å². The molecule has 1 fully saturated rings. The highest BCUT2D eigenvalue weighted by Crippen LogP contribution is 2.25. The van der Waals surface area contributed by atoms with Crippen LogP contribution in [-0.4, -0.2) is 32.9 Å². The van der Waals surface area contributed by atoms with Crippen molar-refractivity contribution in [2.24, 2.45) is 0 Å². The first-order chi connectivity index (χ1) is 8.22. The Labute approximate surface area is 104 Å². The summed E-state index contributed by atoms with van der Waals surface area (Å²) < 4.78 is 0. The second kappa shape index (κ2) is 5.18. The largest absolute Gasteiger partial charge is 0.272 e. The molecule has 1 atom stereocenters. The lowest BCUT2D eigenvalue weighted by Gasteiger charge is -2.23. The van der Waals surface area contributed by atoms with Crippen LogP contribution in [0.15, 0.2) is 24.5 Å². The van der Waals surface area contributed by atoms with Gasteiger partial charge in [0.2, 0.25) is 0 Å². The summed E-state index contributed by atoms with van der Waals surface area (Å²) >= 11 is 1.55. The molecule has 1 aromatic heterocycles. The van der Waals surface area contributed by atoms with E-state index in [4.69, 9.17) is 0 Å². The number of nitrogens with zero attached hydrogens (tertiary/aromatic N) is 2. The van der Waals surface area contributed by atoms with Crippen LogP contribution in [0.25, 0.3) is 0 Å². The molecule has 0 aliphatic carbocycles. The van der Waals surface area contributed by atoms with Gasteiger partial charge in [0.15, 0.2) is 0 Å². The molecule has 0 aromatic carbocycles. The number of hydrogen-bond acceptors (Lipinski definition) is 4. The van der Waals surface area contributed by atoms with Gasteiger partial charge < -0.3 is 0 Å². The second-order valence-corrected chi connectivity index (χ2v) is 4.78. The van der Waals surface area contributed by atoms with E-state index in [9.17, 15) is 9.59 Å². The van der Waals surface area contributed by atoms with Gasteiger partial charge in [-0.15, -0.1) is 11.8 Å². The number of rotatable bonds is 3. The number of nitrogens with one attached hydrogen (secondary N) is 1. The molecule has 0 radical (unpaired) electrons. The van der Waals surface area contributed by atoms with Gasteiger partial charge in [0.25, 0.3) is 11.8 Å². The predicted molar refractivity (Wildman–Crippen MR) is 65.1 cm³/mol. The van der Waals surface area contributed by atoms with E-state index >= 15 is 0 Å². The fraction of sp³-hybridized carbons (Fsp3) is 0.364. The van der Waals surface area contributed by atoms with Crippen LogP contribution in [0.4, 0.5) is 0 Å². The van der Waals surface area contributed by atoms with Crippen molar-refractivity contribution < 1.29 is 9.59 Å². The molecular weight excluding hydrogens is 238 g/mol. The summed E-state index contributed by atoms with van der Waals surface area (Å²) in [7, 11) is 0. The zero-order chi connectivity index (χ0) is 12.3. The molecule has 6 heteroatoms. The maximum Gasteiger partial charge on any atom is 0.270 e. The first-order valence-corrected chi connectivity index (χ1v) is 6.42. The van der Waals surface area contributed by atoms with Crippen molar-refractivity contribution in [2.45, 2.75) is 18.7 Å². The molecule has 2 rings (SSSR count). The standard InChI is InChI=1S/C11H13N3O2S/c1-2-10-14(9(15)7-17-10)13-11(16)8-3-5-12-6-4-8/h3-6,10H,2,7H2,1H3,(H,13,16). The summed E-state index contributed by atoms with van der Waals surface area (Å²) in [6.45, 7) is 1.99. The van der Waals surface area contributed by atoms with Gasteiger partial charge in [0.05, 0.1) is 11.1 Å². The number of thioether (sulfide) groups is 1. The molecule has 5 nitrogen and oxygen atoms in total. The van der Waals surface area contributed by atoms with Gasteiger partial charge in [-0.1, -0.05) is 6.92 Å². The minimum atomic E-state index is -0.276. The first-order valence-electron chi connectivity index (χ1n) is 5.37. The molecule has 1 aliphatic heterocycles. The molecule has 0 bridgehead atoms. The van der Waals surface area contributed by atoms with Crippen LogP contribution in [0.1, 0.15) is 23.7 Å². The fourth-order valence-corrected chi connectivity index (χ4v) is 2.61. The average Bonchev–Trinajstić information content (AvgIpc) is 2.71. The van der Waals surface area contributed by atoms with Crippen molar-refractivity contribution in [3.63, 3.8) is 0 Å². The molecule has 2 amide bonds. The molecule has 0 saturated carbocycles. The molecule has 90 valence electrons. The van der Waals surface area contributed by atoms with Gasteiger partial charge in [0.1, 0.15) is 0 Å². The summed E-state index contributed by atoms with van der Waals surface area (Å²) in [6.07, 6.45) is 3.91. The Hall–Kier alpha value is -1.56. The van der Waals surface area contributed by atoms with Crippen LogP contribution in [0.5, 0.6) is 0 Å². The van der Waals surface area contributed by atoms with Gasteiger partial charge in [-0.3, -0.25) is 20.0 Å². The Balaban J connectivity index is 2.06. The maximum atomic E-state index is 11.9. The van der Waals surface area contributed by atoms with Crippen LogP contribution in [0.3, 0.4) is 0 Å². The van der Waals surface area contributed by atoms with E-state index < -0.39 is 0 Å². The van der Waals surface area contributed by atoms with Gasteiger partial charge in [-0.2, -0.15) is 0 Å². The smallest absolute Gasteiger partial charge is 0.270 e. The number of carbonyl (C=O) groups excluding carboxylic acids is 2. The van der Waals surface area contributed by atoms with Gasteiger partial charge >= 0.3 is 0 Å². The average molecular weight is 251 g/mol. The van der Waals surface area contributed by atoms with Crippen LogP contribution < -0.4 is 5.43 Å². The minimum Gasteiger partial charge on any atom is -0.272 e. The molecule has 1 aliphatic rings.